The third kappa shape index (κ3) is 3.90. The average Bonchev–Trinajstić information content (AvgIpc) is 2.15. The average molecular weight is 212 g/mol. The summed E-state index contributed by atoms with van der Waals surface area (Å²) in [6.07, 6.45) is 1.98. The second-order valence-corrected chi connectivity index (χ2v) is 5.28. The maximum atomic E-state index is 11.8. The van der Waals surface area contributed by atoms with Crippen LogP contribution < -0.4 is 0 Å². The molecule has 1 aliphatic heterocycles. The maximum Gasteiger partial charge on any atom is 0.223 e. The lowest BCUT2D eigenvalue weighted by atomic mass is 9.91. The summed E-state index contributed by atoms with van der Waals surface area (Å²) in [5, 5.41) is 11.8. The van der Waals surface area contributed by atoms with Crippen LogP contribution in [0.2, 0.25) is 0 Å². The van der Waals surface area contributed by atoms with E-state index in [9.17, 15) is 4.79 Å². The molecule has 0 bridgehead atoms. The molecule has 86 valence electrons. The first kappa shape index (κ1) is 12.0. The highest BCUT2D eigenvalue weighted by molar-refractivity contribution is 5.87. The van der Waals surface area contributed by atoms with Gasteiger partial charge in [-0.15, -0.1) is 0 Å². The zero-order valence-corrected chi connectivity index (χ0v) is 9.79. The molecule has 1 heterocycles. The van der Waals surface area contributed by atoms with Crippen molar-refractivity contribution in [1.29, 1.82) is 0 Å². The molecule has 4 heteroatoms. The number of nitrogens with zero attached hydrogens (tertiary/aromatic N) is 2. The lowest BCUT2D eigenvalue weighted by molar-refractivity contribution is -0.133. The standard InChI is InChI=1S/C11H20N2O2/c1-11(2,3)8-10(14)13-6-4-9(12-15)5-7-13/h15H,4-8H2,1-3H3. The number of hydrogen-bond acceptors (Lipinski definition) is 3. The van der Waals surface area contributed by atoms with Crippen molar-refractivity contribution < 1.29 is 10.0 Å². The van der Waals surface area contributed by atoms with Crippen molar-refractivity contribution in [1.82, 2.24) is 4.90 Å². The van der Waals surface area contributed by atoms with Gasteiger partial charge in [-0.25, -0.2) is 0 Å². The summed E-state index contributed by atoms with van der Waals surface area (Å²) < 4.78 is 0. The summed E-state index contributed by atoms with van der Waals surface area (Å²) in [6, 6.07) is 0. The summed E-state index contributed by atoms with van der Waals surface area (Å²) in [5.74, 6) is 0.208. The van der Waals surface area contributed by atoms with Gasteiger partial charge in [0.05, 0.1) is 5.71 Å². The van der Waals surface area contributed by atoms with Crippen LogP contribution in [0.15, 0.2) is 5.16 Å². The number of carbonyl (C=O) groups is 1. The molecule has 1 aliphatic rings. The summed E-state index contributed by atoms with van der Waals surface area (Å²) >= 11 is 0. The monoisotopic (exact) mass is 212 g/mol. The summed E-state index contributed by atoms with van der Waals surface area (Å²) in [4.78, 5) is 13.7. The van der Waals surface area contributed by atoms with Crippen LogP contribution >= 0.6 is 0 Å². The molecule has 0 atom stereocenters. The van der Waals surface area contributed by atoms with Gasteiger partial charge in [0, 0.05) is 32.4 Å². The van der Waals surface area contributed by atoms with Gasteiger partial charge in [0.2, 0.25) is 5.91 Å². The molecule has 0 aliphatic carbocycles. The molecule has 0 unspecified atom stereocenters. The van der Waals surface area contributed by atoms with Crippen molar-refractivity contribution in [2.24, 2.45) is 10.6 Å². The molecule has 0 aromatic carbocycles. The van der Waals surface area contributed by atoms with Crippen LogP contribution in [0.1, 0.15) is 40.0 Å². The first-order valence-electron chi connectivity index (χ1n) is 5.40. The third-order valence-electron chi connectivity index (χ3n) is 2.52. The van der Waals surface area contributed by atoms with Gasteiger partial charge in [-0.2, -0.15) is 0 Å². The van der Waals surface area contributed by atoms with Gasteiger partial charge in [0.1, 0.15) is 0 Å². The Morgan fingerprint density at radius 2 is 1.93 bits per heavy atom. The molecule has 0 spiro atoms. The lowest BCUT2D eigenvalue weighted by Crippen LogP contribution is -2.40. The minimum Gasteiger partial charge on any atom is -0.411 e. The zero-order valence-electron chi connectivity index (χ0n) is 9.79. The Morgan fingerprint density at radius 3 is 2.33 bits per heavy atom. The number of amides is 1. The Labute approximate surface area is 90.9 Å². The van der Waals surface area contributed by atoms with E-state index < -0.39 is 0 Å². The molecular weight excluding hydrogens is 192 g/mol. The van der Waals surface area contributed by atoms with Crippen LogP contribution in [0.5, 0.6) is 0 Å². The summed E-state index contributed by atoms with van der Waals surface area (Å²) in [5.41, 5.74) is 0.845. The molecule has 1 rings (SSSR count). The van der Waals surface area contributed by atoms with Gasteiger partial charge in [0.15, 0.2) is 0 Å². The van der Waals surface area contributed by atoms with Gasteiger partial charge < -0.3 is 10.1 Å². The smallest absolute Gasteiger partial charge is 0.223 e. The van der Waals surface area contributed by atoms with Gasteiger partial charge in [0.25, 0.3) is 0 Å². The van der Waals surface area contributed by atoms with Crippen molar-refractivity contribution >= 4 is 11.6 Å². The molecule has 1 amide bonds. The normalized spacial score (nSPS) is 17.8. The first-order valence-corrected chi connectivity index (χ1v) is 5.40. The van der Waals surface area contributed by atoms with E-state index in [1.165, 1.54) is 0 Å². The predicted molar refractivity (Wildman–Crippen MR) is 59.1 cm³/mol. The molecule has 15 heavy (non-hydrogen) atoms. The third-order valence-corrected chi connectivity index (χ3v) is 2.52. The predicted octanol–water partition coefficient (Wildman–Crippen LogP) is 1.88. The van der Waals surface area contributed by atoms with Crippen molar-refractivity contribution in [2.45, 2.75) is 40.0 Å². The lowest BCUT2D eigenvalue weighted by Gasteiger charge is -2.29. The van der Waals surface area contributed by atoms with Crippen molar-refractivity contribution in [3.63, 3.8) is 0 Å². The Bertz CT molecular complexity index is 256. The largest absolute Gasteiger partial charge is 0.411 e. The Morgan fingerprint density at radius 1 is 1.40 bits per heavy atom. The number of hydrogen-bond donors (Lipinski definition) is 1. The molecule has 0 aromatic rings. The fourth-order valence-corrected chi connectivity index (χ4v) is 1.68. The van der Waals surface area contributed by atoms with E-state index in [0.717, 1.165) is 5.71 Å². The van der Waals surface area contributed by atoms with Crippen LogP contribution in [0.25, 0.3) is 0 Å². The SMILES string of the molecule is CC(C)(C)CC(=O)N1CCC(=NO)CC1. The van der Waals surface area contributed by atoms with Crippen LogP contribution in [0.4, 0.5) is 0 Å². The van der Waals surface area contributed by atoms with Gasteiger partial charge >= 0.3 is 0 Å². The van der Waals surface area contributed by atoms with Gasteiger partial charge in [-0.05, 0) is 5.41 Å². The number of rotatable bonds is 1. The highest BCUT2D eigenvalue weighted by Crippen LogP contribution is 2.21. The van der Waals surface area contributed by atoms with Crippen molar-refractivity contribution in [2.75, 3.05) is 13.1 Å². The number of likely N-dealkylation sites (tertiary alicyclic amines) is 1. The molecule has 0 saturated carbocycles. The molecule has 1 N–H and O–H groups in total. The number of oxime groups is 1. The highest BCUT2D eigenvalue weighted by Gasteiger charge is 2.24. The van der Waals surface area contributed by atoms with Crippen LogP contribution in [-0.2, 0) is 4.79 Å². The Balaban J connectivity index is 2.43. The second-order valence-electron chi connectivity index (χ2n) is 5.28. The Hall–Kier alpha value is -1.06. The van der Waals surface area contributed by atoms with E-state index in [1.54, 1.807) is 0 Å². The molecule has 1 saturated heterocycles. The fraction of sp³-hybridized carbons (Fsp3) is 0.818. The van der Waals surface area contributed by atoms with E-state index in [-0.39, 0.29) is 11.3 Å². The van der Waals surface area contributed by atoms with Crippen molar-refractivity contribution in [3.05, 3.63) is 0 Å². The van der Waals surface area contributed by atoms with Crippen LogP contribution in [0, 0.1) is 5.41 Å². The Kier molecular flexibility index (Phi) is 3.72. The first-order chi connectivity index (χ1) is 6.92. The quantitative estimate of drug-likeness (QED) is 0.533. The minimum absolute atomic E-state index is 0.0441. The van der Waals surface area contributed by atoms with Gasteiger partial charge in [-0.3, -0.25) is 4.79 Å². The topological polar surface area (TPSA) is 52.9 Å². The zero-order chi connectivity index (χ0) is 11.5. The minimum atomic E-state index is 0.0441. The van der Waals surface area contributed by atoms with Gasteiger partial charge in [-0.1, -0.05) is 25.9 Å². The fourth-order valence-electron chi connectivity index (χ4n) is 1.68. The molecule has 0 radical (unpaired) electrons. The summed E-state index contributed by atoms with van der Waals surface area (Å²) in [6.45, 7) is 7.57. The van der Waals surface area contributed by atoms with Crippen molar-refractivity contribution in [3.8, 4) is 0 Å². The van der Waals surface area contributed by atoms with Crippen LogP contribution in [-0.4, -0.2) is 34.8 Å². The second kappa shape index (κ2) is 4.64. The number of carbonyl (C=O) groups excluding carboxylic acids is 1. The maximum absolute atomic E-state index is 11.8. The highest BCUT2D eigenvalue weighted by atomic mass is 16.4. The van der Waals surface area contributed by atoms with E-state index in [4.69, 9.17) is 5.21 Å². The molecule has 4 nitrogen and oxygen atoms in total. The summed E-state index contributed by atoms with van der Waals surface area (Å²) in [7, 11) is 0. The van der Waals surface area contributed by atoms with E-state index >= 15 is 0 Å². The van der Waals surface area contributed by atoms with E-state index in [0.29, 0.717) is 32.4 Å². The van der Waals surface area contributed by atoms with E-state index in [2.05, 4.69) is 25.9 Å². The van der Waals surface area contributed by atoms with E-state index in [1.807, 2.05) is 4.90 Å². The number of piperidine rings is 1. The molecule has 0 aromatic heterocycles. The van der Waals surface area contributed by atoms with Crippen LogP contribution in [0.3, 0.4) is 0 Å². The molecular formula is C11H20N2O2. The molecule has 1 fully saturated rings.